The van der Waals surface area contributed by atoms with E-state index in [0.29, 0.717) is 0 Å². The summed E-state index contributed by atoms with van der Waals surface area (Å²) in [6, 6.07) is 15.7. The maximum Gasteiger partial charge on any atom is 0.248 e. The van der Waals surface area contributed by atoms with Crippen molar-refractivity contribution in [3.63, 3.8) is 0 Å². The zero-order valence-corrected chi connectivity index (χ0v) is 13.5. The van der Waals surface area contributed by atoms with E-state index in [0.717, 1.165) is 21.8 Å². The molecule has 1 aromatic heterocycles. The van der Waals surface area contributed by atoms with Gasteiger partial charge in [0.1, 0.15) is 5.01 Å². The fourth-order valence-electron chi connectivity index (χ4n) is 2.10. The fourth-order valence-corrected chi connectivity index (χ4v) is 2.74. The van der Waals surface area contributed by atoms with Crippen molar-refractivity contribution in [3.8, 4) is 10.6 Å². The summed E-state index contributed by atoms with van der Waals surface area (Å²) in [5, 5.41) is 5.77. The number of nitrogens with one attached hydrogen (secondary N) is 1. The molecule has 0 unspecified atom stereocenters. The summed E-state index contributed by atoms with van der Waals surface area (Å²) in [4.78, 5) is 16.2. The quantitative estimate of drug-likeness (QED) is 0.704. The van der Waals surface area contributed by atoms with Crippen molar-refractivity contribution in [1.29, 1.82) is 0 Å². The molecule has 0 saturated carbocycles. The molecule has 0 saturated heterocycles. The first-order valence-corrected chi connectivity index (χ1v) is 8.14. The summed E-state index contributed by atoms with van der Waals surface area (Å²) in [5.41, 5.74) is 4.02. The van der Waals surface area contributed by atoms with Gasteiger partial charge < -0.3 is 5.32 Å². The van der Waals surface area contributed by atoms with Crippen molar-refractivity contribution in [2.24, 2.45) is 0 Å². The predicted molar refractivity (Wildman–Crippen MR) is 96.4 cm³/mol. The van der Waals surface area contributed by atoms with E-state index >= 15 is 0 Å². The van der Waals surface area contributed by atoms with Crippen LogP contribution in [0.5, 0.6) is 0 Å². The molecule has 1 amide bonds. The van der Waals surface area contributed by atoms with Crippen molar-refractivity contribution in [3.05, 3.63) is 77.3 Å². The number of hydrogen-bond donors (Lipinski definition) is 1. The van der Waals surface area contributed by atoms with Gasteiger partial charge in [0, 0.05) is 28.9 Å². The topological polar surface area (TPSA) is 42.0 Å². The van der Waals surface area contributed by atoms with Gasteiger partial charge in [0.25, 0.3) is 0 Å². The van der Waals surface area contributed by atoms with Crippen LogP contribution in [0.3, 0.4) is 0 Å². The highest BCUT2D eigenvalue weighted by atomic mass is 32.1. The lowest BCUT2D eigenvalue weighted by Crippen LogP contribution is -2.07. The number of thiazole rings is 1. The molecule has 3 aromatic rings. The maximum absolute atomic E-state index is 12.0. The second kappa shape index (κ2) is 7.03. The lowest BCUT2D eigenvalue weighted by Gasteiger charge is -2.03. The van der Waals surface area contributed by atoms with Crippen molar-refractivity contribution in [1.82, 2.24) is 4.98 Å². The Bertz CT molecular complexity index is 804. The number of amides is 1. The van der Waals surface area contributed by atoms with Crippen LogP contribution in [0.15, 0.2) is 66.2 Å². The van der Waals surface area contributed by atoms with E-state index in [1.54, 1.807) is 29.7 Å². The van der Waals surface area contributed by atoms with Gasteiger partial charge in [-0.2, -0.15) is 0 Å². The minimum atomic E-state index is -0.146. The van der Waals surface area contributed by atoms with Crippen molar-refractivity contribution in [2.75, 3.05) is 5.32 Å². The zero-order chi connectivity index (χ0) is 16.1. The van der Waals surface area contributed by atoms with Crippen molar-refractivity contribution >= 4 is 29.0 Å². The molecular weight excluding hydrogens is 304 g/mol. The van der Waals surface area contributed by atoms with E-state index < -0.39 is 0 Å². The van der Waals surface area contributed by atoms with Crippen LogP contribution in [-0.4, -0.2) is 10.9 Å². The molecule has 0 fully saturated rings. The second-order valence-corrected chi connectivity index (χ2v) is 6.04. The number of hydrogen-bond acceptors (Lipinski definition) is 3. The Morgan fingerprint density at radius 2 is 1.83 bits per heavy atom. The molecule has 2 aromatic carbocycles. The second-order valence-electron chi connectivity index (χ2n) is 5.15. The lowest BCUT2D eigenvalue weighted by atomic mass is 10.1. The van der Waals surface area contributed by atoms with Gasteiger partial charge in [0.05, 0.1) is 0 Å². The Kier molecular flexibility index (Phi) is 4.64. The van der Waals surface area contributed by atoms with Gasteiger partial charge in [-0.1, -0.05) is 29.8 Å². The molecule has 23 heavy (non-hydrogen) atoms. The molecule has 3 nitrogen and oxygen atoms in total. The molecule has 3 rings (SSSR count). The normalized spacial score (nSPS) is 10.8. The van der Waals surface area contributed by atoms with Gasteiger partial charge in [-0.15, -0.1) is 11.3 Å². The average molecular weight is 320 g/mol. The molecule has 0 aliphatic heterocycles. The molecule has 0 atom stereocenters. The lowest BCUT2D eigenvalue weighted by molar-refractivity contribution is -0.111. The van der Waals surface area contributed by atoms with E-state index in [2.05, 4.69) is 10.3 Å². The van der Waals surface area contributed by atoms with Crippen LogP contribution in [0.2, 0.25) is 0 Å². The molecule has 114 valence electrons. The molecule has 4 heteroatoms. The third kappa shape index (κ3) is 4.14. The van der Waals surface area contributed by atoms with Crippen LogP contribution in [0.25, 0.3) is 16.6 Å². The molecule has 0 bridgehead atoms. The largest absolute Gasteiger partial charge is 0.323 e. The minimum absolute atomic E-state index is 0.146. The first kappa shape index (κ1) is 15.2. The van der Waals surface area contributed by atoms with Crippen LogP contribution >= 0.6 is 11.3 Å². The number of anilines is 1. The molecule has 0 aliphatic rings. The Morgan fingerprint density at radius 1 is 1.09 bits per heavy atom. The molecular formula is C19H16N2OS. The number of aromatic nitrogens is 1. The number of benzene rings is 2. The summed E-state index contributed by atoms with van der Waals surface area (Å²) in [7, 11) is 0. The Labute approximate surface area is 139 Å². The SMILES string of the molecule is Cc1ccc(/C=C/C(=O)Nc2ccc(-c3nccs3)cc2)cc1. The summed E-state index contributed by atoms with van der Waals surface area (Å²) in [6.45, 7) is 2.04. The molecule has 1 N–H and O–H groups in total. The summed E-state index contributed by atoms with van der Waals surface area (Å²) < 4.78 is 0. The summed E-state index contributed by atoms with van der Waals surface area (Å²) in [5.74, 6) is -0.146. The van der Waals surface area contributed by atoms with Gasteiger partial charge in [0.15, 0.2) is 0 Å². The monoisotopic (exact) mass is 320 g/mol. The van der Waals surface area contributed by atoms with Crippen LogP contribution in [0.1, 0.15) is 11.1 Å². The van der Waals surface area contributed by atoms with Crippen molar-refractivity contribution < 1.29 is 4.79 Å². The van der Waals surface area contributed by atoms with E-state index in [-0.39, 0.29) is 5.91 Å². The van der Waals surface area contributed by atoms with Gasteiger partial charge >= 0.3 is 0 Å². The highest BCUT2D eigenvalue weighted by molar-refractivity contribution is 7.13. The number of rotatable bonds is 4. The van der Waals surface area contributed by atoms with E-state index in [1.807, 2.05) is 60.8 Å². The van der Waals surface area contributed by atoms with Crippen LogP contribution in [-0.2, 0) is 4.79 Å². The zero-order valence-electron chi connectivity index (χ0n) is 12.7. The molecule has 1 heterocycles. The number of carbonyl (C=O) groups excluding carboxylic acids is 1. The van der Waals surface area contributed by atoms with Crippen LogP contribution < -0.4 is 5.32 Å². The minimum Gasteiger partial charge on any atom is -0.323 e. The van der Waals surface area contributed by atoms with Crippen LogP contribution in [0, 0.1) is 6.92 Å². The van der Waals surface area contributed by atoms with E-state index in [9.17, 15) is 4.79 Å². The summed E-state index contributed by atoms with van der Waals surface area (Å²) in [6.07, 6.45) is 5.13. The Hall–Kier alpha value is -2.72. The number of nitrogens with zero attached hydrogens (tertiary/aromatic N) is 1. The highest BCUT2D eigenvalue weighted by Gasteiger charge is 2.02. The molecule has 0 spiro atoms. The van der Waals surface area contributed by atoms with Crippen molar-refractivity contribution in [2.45, 2.75) is 6.92 Å². The Balaban J connectivity index is 1.62. The number of aryl methyl sites for hydroxylation is 1. The number of carbonyl (C=O) groups is 1. The van der Waals surface area contributed by atoms with Gasteiger partial charge in [-0.3, -0.25) is 4.79 Å². The third-order valence-electron chi connectivity index (χ3n) is 3.34. The van der Waals surface area contributed by atoms with Gasteiger partial charge in [-0.05, 0) is 42.8 Å². The standard InChI is InChI=1S/C19H16N2OS/c1-14-2-4-15(5-3-14)6-11-18(22)21-17-9-7-16(8-10-17)19-20-12-13-23-19/h2-13H,1H3,(H,21,22)/b11-6+. The fraction of sp³-hybridized carbons (Fsp3) is 0.0526. The summed E-state index contributed by atoms with van der Waals surface area (Å²) >= 11 is 1.59. The van der Waals surface area contributed by atoms with Gasteiger partial charge in [-0.25, -0.2) is 4.98 Å². The van der Waals surface area contributed by atoms with E-state index in [1.165, 1.54) is 5.56 Å². The first-order valence-electron chi connectivity index (χ1n) is 7.26. The Morgan fingerprint density at radius 3 is 2.48 bits per heavy atom. The van der Waals surface area contributed by atoms with E-state index in [4.69, 9.17) is 0 Å². The molecule has 0 aliphatic carbocycles. The first-order chi connectivity index (χ1) is 11.2. The average Bonchev–Trinajstić information content (AvgIpc) is 3.09. The maximum atomic E-state index is 12.0. The highest BCUT2D eigenvalue weighted by Crippen LogP contribution is 2.23. The smallest absolute Gasteiger partial charge is 0.248 e. The predicted octanol–water partition coefficient (Wildman–Crippen LogP) is 4.77. The van der Waals surface area contributed by atoms with Gasteiger partial charge in [0.2, 0.25) is 5.91 Å². The van der Waals surface area contributed by atoms with Crippen LogP contribution in [0.4, 0.5) is 5.69 Å². The molecule has 0 radical (unpaired) electrons. The third-order valence-corrected chi connectivity index (χ3v) is 4.16.